The largest absolute Gasteiger partial charge is 0.489 e. The average molecular weight is 486 g/mol. The highest BCUT2D eigenvalue weighted by Crippen LogP contribution is 2.27. The monoisotopic (exact) mass is 485 g/mol. The molecule has 11 nitrogen and oxygen atoms in total. The van der Waals surface area contributed by atoms with Crippen LogP contribution >= 0.6 is 0 Å². The Bertz CT molecular complexity index is 980. The second-order valence-corrected chi connectivity index (χ2v) is 10.2. The van der Waals surface area contributed by atoms with E-state index in [4.69, 9.17) is 15.2 Å². The van der Waals surface area contributed by atoms with Crippen LogP contribution in [0.4, 0.5) is 10.5 Å². The third-order valence-electron chi connectivity index (χ3n) is 4.52. The number of carbonyl (C=O) groups is 3. The summed E-state index contributed by atoms with van der Waals surface area (Å²) in [4.78, 5) is 37.2. The molecule has 0 aliphatic carbocycles. The molecule has 1 aromatic carbocycles. The van der Waals surface area contributed by atoms with Gasteiger partial charge in [0.2, 0.25) is 10.0 Å². The molecular formula is C21H31N3O8S. The van der Waals surface area contributed by atoms with Crippen molar-refractivity contribution in [3.05, 3.63) is 23.8 Å². The number of rotatable bonds is 8. The Balaban J connectivity index is 2.03. The smallest absolute Gasteiger partial charge is 0.410 e. The van der Waals surface area contributed by atoms with Crippen LogP contribution in [0.3, 0.4) is 0 Å². The number of hydrogen-bond donors (Lipinski definition) is 2. The lowest BCUT2D eigenvalue weighted by atomic mass is 10.1. The first-order chi connectivity index (χ1) is 15.3. The summed E-state index contributed by atoms with van der Waals surface area (Å²) in [5.41, 5.74) is 4.91. The summed E-state index contributed by atoms with van der Waals surface area (Å²) in [5.74, 6) is -2.35. The van der Waals surface area contributed by atoms with Crippen molar-refractivity contribution in [3.63, 3.8) is 0 Å². The maximum atomic E-state index is 12.2. The lowest BCUT2D eigenvalue weighted by Crippen LogP contribution is -2.44. The van der Waals surface area contributed by atoms with Crippen molar-refractivity contribution >= 4 is 33.7 Å². The molecule has 184 valence electrons. The number of sulfonamides is 1. The first-order valence-corrected chi connectivity index (χ1v) is 12.2. The maximum absolute atomic E-state index is 12.2. The molecule has 2 rings (SSSR count). The molecule has 1 aromatic rings. The summed E-state index contributed by atoms with van der Waals surface area (Å²) in [5, 5.41) is 0. The van der Waals surface area contributed by atoms with Crippen LogP contribution in [0.25, 0.3) is 0 Å². The molecule has 1 saturated heterocycles. The van der Waals surface area contributed by atoms with E-state index < -0.39 is 39.3 Å². The number of anilines is 1. The molecular weight excluding hydrogens is 454 g/mol. The van der Waals surface area contributed by atoms with Crippen molar-refractivity contribution in [3.8, 4) is 5.75 Å². The van der Waals surface area contributed by atoms with E-state index in [1.165, 1.54) is 18.2 Å². The third kappa shape index (κ3) is 8.44. The fourth-order valence-corrected chi connectivity index (χ4v) is 4.08. The van der Waals surface area contributed by atoms with Gasteiger partial charge in [-0.3, -0.25) is 14.3 Å². The van der Waals surface area contributed by atoms with E-state index in [1.807, 2.05) is 0 Å². The molecule has 0 radical (unpaired) electrons. The van der Waals surface area contributed by atoms with E-state index in [9.17, 15) is 22.8 Å². The SMILES string of the molecule is CCOC(=O)CS(=O)(=O)Nc1ccc(OC2CCN(C(=O)OC(C)(C)C)CC2)c(C(N)=O)c1. The van der Waals surface area contributed by atoms with Crippen LogP contribution in [0.15, 0.2) is 18.2 Å². The van der Waals surface area contributed by atoms with Gasteiger partial charge < -0.3 is 24.8 Å². The molecule has 0 atom stereocenters. The Morgan fingerprint density at radius 1 is 1.18 bits per heavy atom. The molecule has 0 aromatic heterocycles. The first-order valence-electron chi connectivity index (χ1n) is 10.5. The number of ether oxygens (including phenoxy) is 3. The van der Waals surface area contributed by atoms with E-state index >= 15 is 0 Å². The molecule has 2 amide bonds. The molecule has 1 fully saturated rings. The van der Waals surface area contributed by atoms with Crippen molar-refractivity contribution in [1.82, 2.24) is 4.90 Å². The van der Waals surface area contributed by atoms with Crippen LogP contribution in [0.5, 0.6) is 5.75 Å². The summed E-state index contributed by atoms with van der Waals surface area (Å²) < 4.78 is 42.4. The second kappa shape index (κ2) is 10.7. The van der Waals surface area contributed by atoms with E-state index in [0.29, 0.717) is 25.9 Å². The molecule has 1 aliphatic heterocycles. The number of amides is 2. The minimum absolute atomic E-state index is 0.0130. The summed E-state index contributed by atoms with van der Waals surface area (Å²) in [6.45, 7) is 7.88. The predicted octanol–water partition coefficient (Wildman–Crippen LogP) is 1.87. The van der Waals surface area contributed by atoms with E-state index in [-0.39, 0.29) is 29.7 Å². The summed E-state index contributed by atoms with van der Waals surface area (Å²) in [6, 6.07) is 4.08. The second-order valence-electron chi connectivity index (χ2n) is 8.53. The van der Waals surface area contributed by atoms with E-state index in [1.54, 1.807) is 32.6 Å². The number of nitrogens with one attached hydrogen (secondary N) is 1. The number of benzene rings is 1. The summed E-state index contributed by atoms with van der Waals surface area (Å²) in [7, 11) is -4.03. The van der Waals surface area contributed by atoms with Gasteiger partial charge in [-0.05, 0) is 45.9 Å². The van der Waals surface area contributed by atoms with E-state index in [2.05, 4.69) is 9.46 Å². The first kappa shape index (κ1) is 26.2. The lowest BCUT2D eigenvalue weighted by Gasteiger charge is -2.33. The van der Waals surface area contributed by atoms with Gasteiger partial charge in [0, 0.05) is 31.6 Å². The van der Waals surface area contributed by atoms with Crippen molar-refractivity contribution < 1.29 is 37.0 Å². The zero-order valence-electron chi connectivity index (χ0n) is 19.3. The molecule has 0 spiro atoms. The standard InChI is InChI=1S/C21H31N3O8S/c1-5-30-18(25)13-33(28,29)23-14-6-7-17(16(12-14)19(22)26)31-15-8-10-24(11-9-15)20(27)32-21(2,3)4/h6-7,12,15,23H,5,8-11,13H2,1-4H3,(H2,22,26). The van der Waals surface area contributed by atoms with Crippen LogP contribution < -0.4 is 15.2 Å². The van der Waals surface area contributed by atoms with Gasteiger partial charge in [0.1, 0.15) is 17.5 Å². The number of carbonyl (C=O) groups excluding carboxylic acids is 3. The normalized spacial score (nSPS) is 15.0. The highest BCUT2D eigenvalue weighted by molar-refractivity contribution is 7.93. The number of likely N-dealkylation sites (tertiary alicyclic amines) is 1. The minimum Gasteiger partial charge on any atom is -0.489 e. The number of hydrogen-bond acceptors (Lipinski definition) is 8. The van der Waals surface area contributed by atoms with Crippen molar-refractivity contribution in [1.29, 1.82) is 0 Å². The van der Waals surface area contributed by atoms with Crippen LogP contribution in [0.2, 0.25) is 0 Å². The van der Waals surface area contributed by atoms with Gasteiger partial charge in [-0.2, -0.15) is 0 Å². The Hall–Kier alpha value is -3.02. The number of nitrogens with two attached hydrogens (primary N) is 1. The summed E-state index contributed by atoms with van der Waals surface area (Å²) in [6.07, 6.45) is 0.378. The Labute approximate surface area is 193 Å². The number of nitrogens with zero attached hydrogens (tertiary/aromatic N) is 1. The van der Waals surface area contributed by atoms with Crippen molar-refractivity contribution in [2.24, 2.45) is 5.73 Å². The molecule has 0 unspecified atom stereocenters. The quantitative estimate of drug-likeness (QED) is 0.529. The van der Waals surface area contributed by atoms with Gasteiger partial charge in [-0.25, -0.2) is 13.2 Å². The fourth-order valence-electron chi connectivity index (χ4n) is 3.12. The van der Waals surface area contributed by atoms with Crippen LogP contribution in [-0.4, -0.2) is 68.4 Å². The zero-order chi connectivity index (χ0) is 24.8. The van der Waals surface area contributed by atoms with Gasteiger partial charge in [0.25, 0.3) is 5.91 Å². The Morgan fingerprint density at radius 2 is 1.82 bits per heavy atom. The number of primary amides is 1. The summed E-state index contributed by atoms with van der Waals surface area (Å²) >= 11 is 0. The Morgan fingerprint density at radius 3 is 2.36 bits per heavy atom. The van der Waals surface area contributed by atoms with Gasteiger partial charge in [-0.1, -0.05) is 0 Å². The highest BCUT2D eigenvalue weighted by atomic mass is 32.2. The maximum Gasteiger partial charge on any atom is 0.410 e. The molecule has 1 aliphatic rings. The highest BCUT2D eigenvalue weighted by Gasteiger charge is 2.28. The van der Waals surface area contributed by atoms with Gasteiger partial charge >= 0.3 is 12.1 Å². The van der Waals surface area contributed by atoms with Crippen molar-refractivity contribution in [2.75, 3.05) is 30.2 Å². The fraction of sp³-hybridized carbons (Fsp3) is 0.571. The molecule has 12 heteroatoms. The van der Waals surface area contributed by atoms with Crippen LogP contribution in [0, 0.1) is 0 Å². The van der Waals surface area contributed by atoms with Crippen LogP contribution in [-0.2, 0) is 24.3 Å². The molecule has 33 heavy (non-hydrogen) atoms. The topological polar surface area (TPSA) is 154 Å². The van der Waals surface area contributed by atoms with E-state index in [0.717, 1.165) is 0 Å². The lowest BCUT2D eigenvalue weighted by molar-refractivity contribution is -0.139. The minimum atomic E-state index is -4.03. The number of esters is 1. The Kier molecular flexibility index (Phi) is 8.53. The van der Waals surface area contributed by atoms with Gasteiger partial charge in [0.05, 0.1) is 12.2 Å². The molecule has 3 N–H and O–H groups in total. The predicted molar refractivity (Wildman–Crippen MR) is 120 cm³/mol. The third-order valence-corrected chi connectivity index (χ3v) is 5.68. The zero-order valence-corrected chi connectivity index (χ0v) is 20.1. The van der Waals surface area contributed by atoms with Gasteiger partial charge in [-0.15, -0.1) is 0 Å². The average Bonchev–Trinajstić information content (AvgIpc) is 2.67. The van der Waals surface area contributed by atoms with Crippen molar-refractivity contribution in [2.45, 2.75) is 52.2 Å². The molecule has 0 saturated carbocycles. The molecule has 1 heterocycles. The number of piperidine rings is 1. The van der Waals surface area contributed by atoms with Gasteiger partial charge in [0.15, 0.2) is 5.75 Å². The molecule has 0 bridgehead atoms. The van der Waals surface area contributed by atoms with Crippen LogP contribution in [0.1, 0.15) is 50.9 Å².